The highest BCUT2D eigenvalue weighted by Crippen LogP contribution is 2.34. The van der Waals surface area contributed by atoms with Crippen molar-refractivity contribution in [3.63, 3.8) is 0 Å². The molecule has 2 aliphatic rings. The van der Waals surface area contributed by atoms with Crippen molar-refractivity contribution in [1.82, 2.24) is 15.2 Å². The molecule has 178 valence electrons. The van der Waals surface area contributed by atoms with E-state index in [1.54, 1.807) is 0 Å². The van der Waals surface area contributed by atoms with Crippen LogP contribution < -0.4 is 10.6 Å². The number of pyridine rings is 1. The second-order valence-electron chi connectivity index (χ2n) is 10.1. The molecule has 2 N–H and O–H groups in total. The van der Waals surface area contributed by atoms with E-state index in [9.17, 15) is 0 Å². The molecule has 1 aliphatic carbocycles. The predicted molar refractivity (Wildman–Crippen MR) is 145 cm³/mol. The van der Waals surface area contributed by atoms with Gasteiger partial charge in [-0.05, 0) is 79.1 Å². The fraction of sp³-hybridized carbons (Fsp3) is 0.323. The lowest BCUT2D eigenvalue weighted by molar-refractivity contribution is 0.248. The normalized spacial score (nSPS) is 17.7. The largest absolute Gasteiger partial charge is 0.355 e. The van der Waals surface area contributed by atoms with Crippen LogP contribution in [-0.4, -0.2) is 29.5 Å². The zero-order valence-corrected chi connectivity index (χ0v) is 20.6. The molecular formula is C31H34N4. The van der Waals surface area contributed by atoms with Gasteiger partial charge in [0.05, 0.1) is 5.52 Å². The smallest absolute Gasteiger partial charge is 0.0726 e. The second kappa shape index (κ2) is 9.80. The summed E-state index contributed by atoms with van der Waals surface area (Å²) in [6.07, 6.45) is 4.80. The molecule has 2 heterocycles. The Morgan fingerprint density at radius 2 is 1.77 bits per heavy atom. The highest BCUT2D eigenvalue weighted by atomic mass is 15.1. The van der Waals surface area contributed by atoms with Gasteiger partial charge in [-0.25, -0.2) is 0 Å². The van der Waals surface area contributed by atoms with Crippen molar-refractivity contribution >= 4 is 22.3 Å². The van der Waals surface area contributed by atoms with Gasteiger partial charge < -0.3 is 10.6 Å². The molecule has 0 bridgehead atoms. The predicted octanol–water partition coefficient (Wildman–Crippen LogP) is 6.31. The number of nitrogens with zero attached hydrogens (tertiary/aromatic N) is 2. The van der Waals surface area contributed by atoms with Crippen LogP contribution in [0, 0.1) is 6.92 Å². The maximum atomic E-state index is 4.69. The minimum atomic E-state index is 0.425. The Morgan fingerprint density at radius 1 is 0.914 bits per heavy atom. The highest BCUT2D eigenvalue weighted by Gasteiger charge is 2.21. The van der Waals surface area contributed by atoms with Crippen LogP contribution in [0.3, 0.4) is 0 Å². The molecule has 0 saturated heterocycles. The third-order valence-corrected chi connectivity index (χ3v) is 7.61. The van der Waals surface area contributed by atoms with Crippen molar-refractivity contribution in [1.29, 1.82) is 0 Å². The summed E-state index contributed by atoms with van der Waals surface area (Å²) < 4.78 is 0. The van der Waals surface area contributed by atoms with Crippen LogP contribution in [0.4, 0.5) is 11.4 Å². The summed E-state index contributed by atoms with van der Waals surface area (Å²) in [6, 6.07) is 26.8. The van der Waals surface area contributed by atoms with Crippen molar-refractivity contribution in [3.05, 3.63) is 101 Å². The summed E-state index contributed by atoms with van der Waals surface area (Å²) in [4.78, 5) is 7.28. The maximum Gasteiger partial charge on any atom is 0.0726 e. The first-order valence-electron chi connectivity index (χ1n) is 13.0. The molecule has 1 atom stereocenters. The Hall–Kier alpha value is -3.21. The van der Waals surface area contributed by atoms with E-state index >= 15 is 0 Å². The third kappa shape index (κ3) is 4.82. The van der Waals surface area contributed by atoms with E-state index in [1.807, 2.05) is 0 Å². The van der Waals surface area contributed by atoms with Gasteiger partial charge in [-0.3, -0.25) is 9.88 Å². The zero-order valence-electron chi connectivity index (χ0n) is 20.6. The quantitative estimate of drug-likeness (QED) is 0.352. The van der Waals surface area contributed by atoms with Gasteiger partial charge in [-0.2, -0.15) is 0 Å². The number of para-hydroxylation sites is 1. The lowest BCUT2D eigenvalue weighted by atomic mass is 9.87. The van der Waals surface area contributed by atoms with Crippen molar-refractivity contribution in [2.45, 2.75) is 45.2 Å². The first-order chi connectivity index (χ1) is 17.2. The van der Waals surface area contributed by atoms with Gasteiger partial charge in [-0.15, -0.1) is 0 Å². The van der Waals surface area contributed by atoms with E-state index in [-0.39, 0.29) is 0 Å². The van der Waals surface area contributed by atoms with Gasteiger partial charge in [-0.1, -0.05) is 48.5 Å². The molecule has 0 spiro atoms. The summed E-state index contributed by atoms with van der Waals surface area (Å²) in [6.45, 7) is 6.42. The number of fused-ring (bicyclic) bond motifs is 3. The minimum Gasteiger partial charge on any atom is -0.355 e. The topological polar surface area (TPSA) is 40.2 Å². The Morgan fingerprint density at radius 3 is 2.71 bits per heavy atom. The van der Waals surface area contributed by atoms with Crippen LogP contribution in [-0.2, 0) is 19.4 Å². The average molecular weight is 463 g/mol. The van der Waals surface area contributed by atoms with E-state index in [1.165, 1.54) is 47.9 Å². The van der Waals surface area contributed by atoms with Crippen molar-refractivity contribution in [3.8, 4) is 0 Å². The average Bonchev–Trinajstić information content (AvgIpc) is 2.89. The molecule has 0 saturated carbocycles. The van der Waals surface area contributed by atoms with Crippen LogP contribution in [0.5, 0.6) is 0 Å². The number of anilines is 2. The van der Waals surface area contributed by atoms with Gasteiger partial charge in [0.25, 0.3) is 0 Å². The minimum absolute atomic E-state index is 0.425. The SMILES string of the molecule is Cc1cc(Nc2ccc3c(c2)C(NCCN2CCc4ccccc4C2)CCC3)c2ccccc2n1. The Bertz CT molecular complexity index is 1350. The zero-order chi connectivity index (χ0) is 23.6. The number of rotatable bonds is 6. The van der Waals surface area contributed by atoms with Gasteiger partial charge in [0.2, 0.25) is 0 Å². The van der Waals surface area contributed by atoms with Gasteiger partial charge in [0.15, 0.2) is 0 Å². The molecule has 4 nitrogen and oxygen atoms in total. The number of hydrogen-bond donors (Lipinski definition) is 2. The summed E-state index contributed by atoms with van der Waals surface area (Å²) in [5.41, 5.74) is 10.3. The standard InChI is InChI=1S/C31H34N4/c1-22-19-31(27-10-4-5-11-30(27)33-22)34-26-14-13-24-9-6-12-29(28(24)20-26)32-16-18-35-17-15-23-7-2-3-8-25(23)21-35/h2-5,7-8,10-11,13-14,19-20,29,32H,6,9,12,15-18,21H2,1H3,(H,33,34). The molecule has 35 heavy (non-hydrogen) atoms. The molecule has 1 unspecified atom stereocenters. The second-order valence-corrected chi connectivity index (χ2v) is 10.1. The molecular weight excluding hydrogens is 428 g/mol. The molecule has 3 aromatic carbocycles. The van der Waals surface area contributed by atoms with E-state index in [4.69, 9.17) is 4.98 Å². The van der Waals surface area contributed by atoms with E-state index < -0.39 is 0 Å². The number of hydrogen-bond acceptors (Lipinski definition) is 4. The van der Waals surface area contributed by atoms with Crippen molar-refractivity contribution < 1.29 is 0 Å². The molecule has 0 radical (unpaired) electrons. The lowest BCUT2D eigenvalue weighted by Crippen LogP contribution is -2.37. The van der Waals surface area contributed by atoms with Crippen molar-refractivity contribution in [2.75, 3.05) is 25.0 Å². The Balaban J connectivity index is 1.15. The van der Waals surface area contributed by atoms with E-state index in [2.05, 4.69) is 95.3 Å². The van der Waals surface area contributed by atoms with Crippen molar-refractivity contribution in [2.24, 2.45) is 0 Å². The Kier molecular flexibility index (Phi) is 6.24. The highest BCUT2D eigenvalue weighted by molar-refractivity contribution is 5.93. The number of aromatic nitrogens is 1. The monoisotopic (exact) mass is 462 g/mol. The van der Waals surface area contributed by atoms with E-state index in [0.717, 1.165) is 54.2 Å². The first-order valence-corrected chi connectivity index (χ1v) is 13.0. The third-order valence-electron chi connectivity index (χ3n) is 7.61. The fourth-order valence-electron chi connectivity index (χ4n) is 5.80. The van der Waals surface area contributed by atoms with Crippen LogP contribution in [0.25, 0.3) is 10.9 Å². The summed E-state index contributed by atoms with van der Waals surface area (Å²) in [5, 5.41) is 8.76. The summed E-state index contributed by atoms with van der Waals surface area (Å²) in [7, 11) is 0. The lowest BCUT2D eigenvalue weighted by Gasteiger charge is -2.31. The van der Waals surface area contributed by atoms with Gasteiger partial charge in [0.1, 0.15) is 0 Å². The number of benzene rings is 3. The van der Waals surface area contributed by atoms with E-state index in [0.29, 0.717) is 6.04 Å². The molecule has 0 amide bonds. The molecule has 1 aromatic heterocycles. The summed E-state index contributed by atoms with van der Waals surface area (Å²) in [5.74, 6) is 0. The molecule has 6 rings (SSSR count). The van der Waals surface area contributed by atoms with Crippen LogP contribution in [0.1, 0.15) is 46.8 Å². The van der Waals surface area contributed by atoms with Crippen LogP contribution >= 0.6 is 0 Å². The molecule has 1 aliphatic heterocycles. The van der Waals surface area contributed by atoms with Crippen LogP contribution in [0.2, 0.25) is 0 Å². The maximum absolute atomic E-state index is 4.69. The fourth-order valence-corrected chi connectivity index (χ4v) is 5.80. The van der Waals surface area contributed by atoms with Gasteiger partial charge in [0, 0.05) is 54.7 Å². The molecule has 0 fully saturated rings. The molecule has 4 aromatic rings. The number of nitrogens with one attached hydrogen (secondary N) is 2. The first kappa shape index (κ1) is 22.3. The van der Waals surface area contributed by atoms with Gasteiger partial charge >= 0.3 is 0 Å². The Labute approximate surface area is 208 Å². The summed E-state index contributed by atoms with van der Waals surface area (Å²) >= 11 is 0. The molecule has 4 heteroatoms. The van der Waals surface area contributed by atoms with Crippen LogP contribution in [0.15, 0.2) is 72.8 Å². The number of aryl methyl sites for hydroxylation is 2.